The van der Waals surface area contributed by atoms with E-state index in [1.54, 1.807) is 6.92 Å². The molecule has 0 saturated heterocycles. The first kappa shape index (κ1) is 19.5. The van der Waals surface area contributed by atoms with Crippen molar-refractivity contribution < 1.29 is 9.59 Å². The number of amides is 1. The first-order valence-electron chi connectivity index (χ1n) is 9.78. The zero-order valence-corrected chi connectivity index (χ0v) is 16.9. The standard InChI is InChI=1S/C21H30N4O2/c1-13(2)18(12-25-19-9-7-6-8-17(19)23-24-25)22-20(27)11-15-10-16(14(3)26)21(15,4)5/h6-9,13,15-16,18H,10-12H2,1-5H3,(H,22,27)/t15-,16-,18+/m0/s1. The number of nitrogens with one attached hydrogen (secondary N) is 1. The Morgan fingerprint density at radius 3 is 2.63 bits per heavy atom. The summed E-state index contributed by atoms with van der Waals surface area (Å²) in [6.07, 6.45) is 1.29. The lowest BCUT2D eigenvalue weighted by atomic mass is 9.52. The summed E-state index contributed by atoms with van der Waals surface area (Å²) in [5.74, 6) is 0.897. The minimum Gasteiger partial charge on any atom is -0.351 e. The van der Waals surface area contributed by atoms with Crippen molar-refractivity contribution in [2.24, 2.45) is 23.2 Å². The lowest BCUT2D eigenvalue weighted by Gasteiger charge is -2.51. The van der Waals surface area contributed by atoms with E-state index in [0.29, 0.717) is 13.0 Å². The molecule has 2 aromatic rings. The van der Waals surface area contributed by atoms with Crippen molar-refractivity contribution in [3.05, 3.63) is 24.3 Å². The van der Waals surface area contributed by atoms with E-state index in [-0.39, 0.29) is 40.9 Å². The topological polar surface area (TPSA) is 76.9 Å². The Balaban J connectivity index is 1.63. The molecule has 0 unspecified atom stereocenters. The number of aromatic nitrogens is 3. The molecule has 1 aliphatic carbocycles. The first-order valence-corrected chi connectivity index (χ1v) is 9.78. The van der Waals surface area contributed by atoms with Crippen LogP contribution < -0.4 is 5.32 Å². The van der Waals surface area contributed by atoms with E-state index in [0.717, 1.165) is 17.5 Å². The van der Waals surface area contributed by atoms with E-state index in [2.05, 4.69) is 43.3 Å². The Bertz CT molecular complexity index is 840. The summed E-state index contributed by atoms with van der Waals surface area (Å²) in [7, 11) is 0. The molecule has 3 atom stereocenters. The number of hydrogen-bond acceptors (Lipinski definition) is 4. The molecular weight excluding hydrogens is 340 g/mol. The average Bonchev–Trinajstić information content (AvgIpc) is 3.00. The van der Waals surface area contributed by atoms with Crippen LogP contribution in [0.2, 0.25) is 0 Å². The van der Waals surface area contributed by atoms with E-state index in [9.17, 15) is 9.59 Å². The summed E-state index contributed by atoms with van der Waals surface area (Å²) in [5, 5.41) is 11.6. The van der Waals surface area contributed by atoms with Crippen molar-refractivity contribution in [3.8, 4) is 0 Å². The normalized spacial score (nSPS) is 22.4. The number of carbonyl (C=O) groups is 2. The van der Waals surface area contributed by atoms with Gasteiger partial charge in [0.25, 0.3) is 0 Å². The molecule has 6 nitrogen and oxygen atoms in total. The number of fused-ring (bicyclic) bond motifs is 1. The Morgan fingerprint density at radius 1 is 1.30 bits per heavy atom. The summed E-state index contributed by atoms with van der Waals surface area (Å²) in [6, 6.07) is 7.82. The van der Waals surface area contributed by atoms with Crippen LogP contribution in [-0.4, -0.2) is 32.7 Å². The summed E-state index contributed by atoms with van der Waals surface area (Å²) in [5.41, 5.74) is 1.73. The van der Waals surface area contributed by atoms with Crippen LogP contribution >= 0.6 is 0 Å². The van der Waals surface area contributed by atoms with Gasteiger partial charge in [-0.3, -0.25) is 9.59 Å². The number of carbonyl (C=O) groups excluding carboxylic acids is 2. The molecule has 1 aromatic carbocycles. The summed E-state index contributed by atoms with van der Waals surface area (Å²) < 4.78 is 1.86. The number of nitrogens with zero attached hydrogens (tertiary/aromatic N) is 3. The van der Waals surface area contributed by atoms with Gasteiger partial charge in [0.2, 0.25) is 5.91 Å². The van der Waals surface area contributed by atoms with Gasteiger partial charge in [-0.1, -0.05) is 45.0 Å². The highest BCUT2D eigenvalue weighted by Gasteiger charge is 2.50. The maximum atomic E-state index is 12.7. The predicted molar refractivity (Wildman–Crippen MR) is 105 cm³/mol. The van der Waals surface area contributed by atoms with Crippen molar-refractivity contribution in [1.29, 1.82) is 0 Å². The van der Waals surface area contributed by atoms with Gasteiger partial charge in [0.05, 0.1) is 18.1 Å². The molecule has 1 saturated carbocycles. The van der Waals surface area contributed by atoms with Gasteiger partial charge in [0, 0.05) is 12.3 Å². The number of para-hydroxylation sites is 1. The number of rotatable bonds is 7. The number of hydrogen-bond donors (Lipinski definition) is 1. The van der Waals surface area contributed by atoms with Gasteiger partial charge >= 0.3 is 0 Å². The third kappa shape index (κ3) is 3.89. The van der Waals surface area contributed by atoms with Crippen LogP contribution in [0, 0.1) is 23.2 Å². The highest BCUT2D eigenvalue weighted by atomic mass is 16.1. The van der Waals surface area contributed by atoms with Crippen LogP contribution in [0.5, 0.6) is 0 Å². The molecule has 3 rings (SSSR count). The van der Waals surface area contributed by atoms with Crippen molar-refractivity contribution in [2.75, 3.05) is 0 Å². The fourth-order valence-corrected chi connectivity index (χ4v) is 4.20. The Kier molecular flexibility index (Phi) is 5.36. The Hall–Kier alpha value is -2.24. The second-order valence-electron chi connectivity index (χ2n) is 8.80. The summed E-state index contributed by atoms with van der Waals surface area (Å²) in [6.45, 7) is 10.6. The second kappa shape index (κ2) is 7.41. The van der Waals surface area contributed by atoms with Gasteiger partial charge in [-0.2, -0.15) is 0 Å². The van der Waals surface area contributed by atoms with Crippen LogP contribution in [-0.2, 0) is 16.1 Å². The number of ketones is 1. The van der Waals surface area contributed by atoms with Crippen LogP contribution in [0.4, 0.5) is 0 Å². The molecule has 27 heavy (non-hydrogen) atoms. The van der Waals surface area contributed by atoms with Crippen molar-refractivity contribution >= 4 is 22.7 Å². The van der Waals surface area contributed by atoms with Crippen LogP contribution in [0.1, 0.15) is 47.5 Å². The zero-order valence-electron chi connectivity index (χ0n) is 16.9. The van der Waals surface area contributed by atoms with E-state index in [1.165, 1.54) is 0 Å². The Labute approximate surface area is 160 Å². The van der Waals surface area contributed by atoms with Gasteiger partial charge in [0.15, 0.2) is 0 Å². The molecule has 1 aliphatic rings. The van der Waals surface area contributed by atoms with Crippen molar-refractivity contribution in [2.45, 2.75) is 60.0 Å². The third-order valence-corrected chi connectivity index (χ3v) is 6.33. The van der Waals surface area contributed by atoms with Crippen molar-refractivity contribution in [1.82, 2.24) is 20.3 Å². The van der Waals surface area contributed by atoms with E-state index in [4.69, 9.17) is 0 Å². The average molecular weight is 370 g/mol. The minimum atomic E-state index is -0.0986. The molecule has 6 heteroatoms. The van der Waals surface area contributed by atoms with E-state index < -0.39 is 0 Å². The molecule has 1 aromatic heterocycles. The zero-order chi connectivity index (χ0) is 19.8. The fraction of sp³-hybridized carbons (Fsp3) is 0.619. The SMILES string of the molecule is CC(=O)[C@@H]1C[C@@H](CC(=O)N[C@H](Cn2nnc3ccccc32)C(C)C)C1(C)C. The van der Waals surface area contributed by atoms with Gasteiger partial charge < -0.3 is 5.32 Å². The van der Waals surface area contributed by atoms with E-state index >= 15 is 0 Å². The predicted octanol–water partition coefficient (Wildman–Crippen LogP) is 3.21. The molecule has 0 aliphatic heterocycles. The maximum absolute atomic E-state index is 12.7. The van der Waals surface area contributed by atoms with Gasteiger partial charge in [-0.25, -0.2) is 4.68 Å². The molecular formula is C21H30N4O2. The lowest BCUT2D eigenvalue weighted by Crippen LogP contribution is -2.51. The summed E-state index contributed by atoms with van der Waals surface area (Å²) >= 11 is 0. The van der Waals surface area contributed by atoms with E-state index in [1.807, 2.05) is 28.9 Å². The minimum absolute atomic E-state index is 0.0191. The molecule has 146 valence electrons. The lowest BCUT2D eigenvalue weighted by molar-refractivity contribution is -0.141. The fourth-order valence-electron chi connectivity index (χ4n) is 4.20. The molecule has 1 N–H and O–H groups in total. The van der Waals surface area contributed by atoms with Crippen LogP contribution in [0.15, 0.2) is 24.3 Å². The quantitative estimate of drug-likeness (QED) is 0.812. The highest BCUT2D eigenvalue weighted by Crippen LogP contribution is 2.53. The largest absolute Gasteiger partial charge is 0.351 e. The Morgan fingerprint density at radius 2 is 2.00 bits per heavy atom. The summed E-state index contributed by atoms with van der Waals surface area (Å²) in [4.78, 5) is 24.4. The van der Waals surface area contributed by atoms with Gasteiger partial charge in [-0.05, 0) is 42.7 Å². The molecule has 0 spiro atoms. The molecule has 1 fully saturated rings. The third-order valence-electron chi connectivity index (χ3n) is 6.33. The van der Waals surface area contributed by atoms with Gasteiger partial charge in [0.1, 0.15) is 11.3 Å². The van der Waals surface area contributed by atoms with Crippen molar-refractivity contribution in [3.63, 3.8) is 0 Å². The number of Topliss-reactive ketones (excluding diaryl/α,β-unsaturated/α-hetero) is 1. The maximum Gasteiger partial charge on any atom is 0.220 e. The smallest absolute Gasteiger partial charge is 0.220 e. The van der Waals surface area contributed by atoms with Crippen LogP contribution in [0.3, 0.4) is 0 Å². The monoisotopic (exact) mass is 370 g/mol. The molecule has 1 amide bonds. The molecule has 0 bridgehead atoms. The second-order valence-corrected chi connectivity index (χ2v) is 8.80. The molecule has 1 heterocycles. The highest BCUT2D eigenvalue weighted by molar-refractivity contribution is 5.81. The first-order chi connectivity index (χ1) is 12.7. The van der Waals surface area contributed by atoms with Crippen LogP contribution in [0.25, 0.3) is 11.0 Å². The van der Waals surface area contributed by atoms with Gasteiger partial charge in [-0.15, -0.1) is 5.10 Å². The number of benzene rings is 1. The molecule has 0 radical (unpaired) electrons.